The molecule has 17 heavy (non-hydrogen) atoms. The van der Waals surface area contributed by atoms with Crippen LogP contribution in [0.4, 0.5) is 5.69 Å². The molecule has 2 rings (SSSR count). The molecule has 3 nitrogen and oxygen atoms in total. The van der Waals surface area contributed by atoms with Gasteiger partial charge < -0.3 is 10.6 Å². The van der Waals surface area contributed by atoms with Crippen LogP contribution in [0.1, 0.15) is 15.9 Å². The zero-order valence-electron chi connectivity index (χ0n) is 9.25. The number of fused-ring (bicyclic) bond motifs is 1. The van der Waals surface area contributed by atoms with Crippen LogP contribution in [0, 0.1) is 0 Å². The molecule has 0 atom stereocenters. The molecule has 5 heteroatoms. The van der Waals surface area contributed by atoms with Gasteiger partial charge in [0.25, 0.3) is 5.91 Å². The van der Waals surface area contributed by atoms with Crippen molar-refractivity contribution in [2.75, 3.05) is 18.4 Å². The average Bonchev–Trinajstić information content (AvgIpc) is 2.72. The third kappa shape index (κ3) is 3.48. The summed E-state index contributed by atoms with van der Waals surface area (Å²) in [5.41, 5.74) is 3.06. The summed E-state index contributed by atoms with van der Waals surface area (Å²) in [6.45, 7) is 5.08. The van der Waals surface area contributed by atoms with Crippen LogP contribution in [0.3, 0.4) is 0 Å². The van der Waals surface area contributed by atoms with Crippen LogP contribution >= 0.6 is 28.3 Å². The number of hydrogen-bond acceptors (Lipinski definition) is 2. The van der Waals surface area contributed by atoms with Crippen LogP contribution in [-0.2, 0) is 6.42 Å². The van der Waals surface area contributed by atoms with Crippen molar-refractivity contribution in [3.63, 3.8) is 0 Å². The van der Waals surface area contributed by atoms with Gasteiger partial charge in [-0.25, -0.2) is 0 Å². The molecule has 0 radical (unpaired) electrons. The summed E-state index contributed by atoms with van der Waals surface area (Å²) in [5.74, 6) is -0.0599. The first-order valence-electron chi connectivity index (χ1n) is 5.15. The molecular weight excluding hydrogens is 304 g/mol. The molecule has 92 valence electrons. The quantitative estimate of drug-likeness (QED) is 0.900. The Kier molecular flexibility index (Phi) is 5.02. The second kappa shape index (κ2) is 6.07. The number of anilines is 1. The van der Waals surface area contributed by atoms with Crippen molar-refractivity contribution >= 4 is 39.9 Å². The normalized spacial score (nSPS) is 12.1. The number of rotatable bonds is 3. The molecule has 1 aliphatic heterocycles. The zero-order valence-corrected chi connectivity index (χ0v) is 11.7. The maximum Gasteiger partial charge on any atom is 0.251 e. The minimum atomic E-state index is -0.0599. The number of amides is 1. The zero-order chi connectivity index (χ0) is 11.5. The molecule has 2 N–H and O–H groups in total. The number of carbonyl (C=O) groups is 1. The van der Waals surface area contributed by atoms with E-state index in [1.54, 1.807) is 0 Å². The first kappa shape index (κ1) is 14.1. The van der Waals surface area contributed by atoms with Gasteiger partial charge in [0, 0.05) is 28.8 Å². The van der Waals surface area contributed by atoms with Crippen LogP contribution < -0.4 is 10.6 Å². The van der Waals surface area contributed by atoms with Gasteiger partial charge in [0.15, 0.2) is 0 Å². The molecule has 0 bridgehead atoms. The summed E-state index contributed by atoms with van der Waals surface area (Å²) >= 11 is 3.21. The largest absolute Gasteiger partial charge is 0.384 e. The van der Waals surface area contributed by atoms with Gasteiger partial charge in [-0.15, -0.1) is 12.4 Å². The van der Waals surface area contributed by atoms with E-state index in [1.165, 1.54) is 5.56 Å². The molecule has 1 aromatic rings. The van der Waals surface area contributed by atoms with Crippen LogP contribution in [0.2, 0.25) is 0 Å². The van der Waals surface area contributed by atoms with E-state index < -0.39 is 0 Å². The van der Waals surface area contributed by atoms with E-state index in [0.717, 1.165) is 23.1 Å². The first-order chi connectivity index (χ1) is 7.66. The summed E-state index contributed by atoms with van der Waals surface area (Å²) in [6, 6.07) is 5.74. The van der Waals surface area contributed by atoms with E-state index >= 15 is 0 Å². The van der Waals surface area contributed by atoms with E-state index in [2.05, 4.69) is 33.1 Å². The van der Waals surface area contributed by atoms with Crippen molar-refractivity contribution in [3.8, 4) is 0 Å². The predicted octanol–water partition coefficient (Wildman–Crippen LogP) is 2.71. The van der Waals surface area contributed by atoms with E-state index in [4.69, 9.17) is 0 Å². The molecule has 0 saturated carbocycles. The van der Waals surface area contributed by atoms with Crippen molar-refractivity contribution in [2.45, 2.75) is 6.42 Å². The predicted molar refractivity (Wildman–Crippen MR) is 76.3 cm³/mol. The van der Waals surface area contributed by atoms with Crippen molar-refractivity contribution in [2.24, 2.45) is 0 Å². The monoisotopic (exact) mass is 316 g/mol. The highest BCUT2D eigenvalue weighted by Gasteiger charge is 2.12. The highest BCUT2D eigenvalue weighted by atomic mass is 79.9. The summed E-state index contributed by atoms with van der Waals surface area (Å²) in [7, 11) is 0. The second-order valence-electron chi connectivity index (χ2n) is 3.75. The molecule has 1 aliphatic rings. The Bertz CT molecular complexity index is 448. The fourth-order valence-electron chi connectivity index (χ4n) is 1.72. The summed E-state index contributed by atoms with van der Waals surface area (Å²) in [6.07, 6.45) is 0.988. The van der Waals surface area contributed by atoms with Gasteiger partial charge in [-0.05, 0) is 30.2 Å². The van der Waals surface area contributed by atoms with Gasteiger partial charge in [-0.3, -0.25) is 4.79 Å². The Morgan fingerprint density at radius 3 is 3.00 bits per heavy atom. The molecule has 1 amide bonds. The number of benzene rings is 1. The van der Waals surface area contributed by atoms with Crippen LogP contribution in [0.5, 0.6) is 0 Å². The molecule has 0 spiro atoms. The van der Waals surface area contributed by atoms with E-state index in [0.29, 0.717) is 12.1 Å². The Morgan fingerprint density at radius 1 is 1.53 bits per heavy atom. The Morgan fingerprint density at radius 2 is 2.29 bits per heavy atom. The van der Waals surface area contributed by atoms with Gasteiger partial charge in [-0.2, -0.15) is 0 Å². The van der Waals surface area contributed by atoms with Crippen LogP contribution in [-0.4, -0.2) is 19.0 Å². The topological polar surface area (TPSA) is 41.1 Å². The molecule has 0 unspecified atom stereocenters. The van der Waals surface area contributed by atoms with Gasteiger partial charge in [0.05, 0.1) is 0 Å². The maximum atomic E-state index is 11.8. The van der Waals surface area contributed by atoms with Gasteiger partial charge in [-0.1, -0.05) is 22.5 Å². The molecule has 0 aromatic heterocycles. The highest BCUT2D eigenvalue weighted by molar-refractivity contribution is 9.11. The lowest BCUT2D eigenvalue weighted by Crippen LogP contribution is -2.24. The van der Waals surface area contributed by atoms with Gasteiger partial charge in [0.2, 0.25) is 0 Å². The summed E-state index contributed by atoms with van der Waals surface area (Å²) in [4.78, 5) is 11.8. The molecule has 0 aliphatic carbocycles. The van der Waals surface area contributed by atoms with Crippen LogP contribution in [0.15, 0.2) is 29.3 Å². The lowest BCUT2D eigenvalue weighted by molar-refractivity contribution is 0.0957. The van der Waals surface area contributed by atoms with Crippen molar-refractivity contribution in [3.05, 3.63) is 40.4 Å². The SMILES string of the molecule is C=C(Br)CNC(=O)c1ccc2c(c1)CCN2.Cl. The molecular formula is C12H14BrClN2O. The minimum absolute atomic E-state index is 0. The van der Waals surface area contributed by atoms with E-state index in [9.17, 15) is 4.79 Å². The Labute approximate surface area is 115 Å². The number of halogens is 2. The minimum Gasteiger partial charge on any atom is -0.384 e. The fraction of sp³-hybridized carbons (Fsp3) is 0.250. The second-order valence-corrected chi connectivity index (χ2v) is 4.87. The lowest BCUT2D eigenvalue weighted by atomic mass is 10.1. The third-order valence-corrected chi connectivity index (χ3v) is 2.80. The van der Waals surface area contributed by atoms with E-state index in [-0.39, 0.29) is 18.3 Å². The average molecular weight is 318 g/mol. The van der Waals surface area contributed by atoms with Crippen molar-refractivity contribution < 1.29 is 4.79 Å². The molecule has 1 aromatic carbocycles. The Balaban J connectivity index is 0.00000144. The first-order valence-corrected chi connectivity index (χ1v) is 5.94. The number of hydrogen-bond donors (Lipinski definition) is 2. The maximum absolute atomic E-state index is 11.8. The fourth-order valence-corrected chi connectivity index (χ4v) is 1.86. The van der Waals surface area contributed by atoms with Gasteiger partial charge in [0.1, 0.15) is 0 Å². The molecule has 1 heterocycles. The number of carbonyl (C=O) groups excluding carboxylic acids is 1. The summed E-state index contributed by atoms with van der Waals surface area (Å²) < 4.78 is 0.767. The molecule has 0 saturated heterocycles. The standard InChI is InChI=1S/C12H13BrN2O.ClH/c1-8(13)7-15-12(16)10-2-3-11-9(6-10)4-5-14-11;/h2-3,6,14H,1,4-5,7H2,(H,15,16);1H. The lowest BCUT2D eigenvalue weighted by Gasteiger charge is -2.06. The Hall–Kier alpha value is -1.00. The number of nitrogens with one attached hydrogen (secondary N) is 2. The van der Waals surface area contributed by atoms with Crippen LogP contribution in [0.25, 0.3) is 0 Å². The van der Waals surface area contributed by atoms with Crippen molar-refractivity contribution in [1.82, 2.24) is 5.32 Å². The van der Waals surface area contributed by atoms with E-state index in [1.807, 2.05) is 18.2 Å². The third-order valence-electron chi connectivity index (χ3n) is 2.52. The highest BCUT2D eigenvalue weighted by Crippen LogP contribution is 2.22. The van der Waals surface area contributed by atoms with Gasteiger partial charge >= 0.3 is 0 Å². The van der Waals surface area contributed by atoms with Crippen molar-refractivity contribution in [1.29, 1.82) is 0 Å². The summed E-state index contributed by atoms with van der Waals surface area (Å²) in [5, 5.41) is 6.05. The smallest absolute Gasteiger partial charge is 0.251 e. The molecule has 0 fully saturated rings.